The third-order valence-electron chi connectivity index (χ3n) is 3.01. The molecule has 0 radical (unpaired) electrons. The van der Waals surface area contributed by atoms with Crippen LogP contribution in [0.2, 0.25) is 0 Å². The Bertz CT molecular complexity index is 652. The number of rotatable bonds is 10. The summed E-state index contributed by atoms with van der Waals surface area (Å²) in [6, 6.07) is 2.97. The predicted molar refractivity (Wildman–Crippen MR) is 96.9 cm³/mol. The van der Waals surface area contributed by atoms with Crippen molar-refractivity contribution < 1.29 is 22.0 Å². The minimum atomic E-state index is -3.99. The molecule has 25 heavy (non-hydrogen) atoms. The van der Waals surface area contributed by atoms with Gasteiger partial charge in [-0.25, -0.2) is 21.9 Å². The van der Waals surface area contributed by atoms with E-state index in [1.165, 1.54) is 6.07 Å². The Kier molecular flexibility index (Phi) is 10.0. The fourth-order valence-corrected chi connectivity index (χ4v) is 4.21. The molecule has 0 aromatic carbocycles. The van der Waals surface area contributed by atoms with Gasteiger partial charge in [0.2, 0.25) is 15.9 Å². The second-order valence-electron chi connectivity index (χ2n) is 5.80. The number of nitrogens with two attached hydrogens (primary N) is 1. The summed E-state index contributed by atoms with van der Waals surface area (Å²) in [4.78, 5) is 12.3. The van der Waals surface area contributed by atoms with Crippen LogP contribution in [0.4, 0.5) is 8.78 Å². The Hall–Kier alpha value is -0.810. The lowest BCUT2D eigenvalue weighted by atomic mass is 10.1. The highest BCUT2D eigenvalue weighted by Crippen LogP contribution is 2.22. The lowest BCUT2D eigenvalue weighted by Crippen LogP contribution is -2.41. The van der Waals surface area contributed by atoms with E-state index in [2.05, 4.69) is 5.32 Å². The molecule has 0 unspecified atom stereocenters. The summed E-state index contributed by atoms with van der Waals surface area (Å²) >= 11 is 0.986. The quantitative estimate of drug-likeness (QED) is 0.537. The maximum absolute atomic E-state index is 13.0. The first kappa shape index (κ1) is 24.2. The zero-order valence-corrected chi connectivity index (χ0v) is 16.5. The minimum absolute atomic E-state index is 0. The second-order valence-corrected chi connectivity index (χ2v) is 8.97. The fourth-order valence-electron chi connectivity index (χ4n) is 1.75. The smallest absolute Gasteiger partial charge is 0.273 e. The predicted octanol–water partition coefficient (Wildman–Crippen LogP) is 1.75. The highest BCUT2D eigenvalue weighted by atomic mass is 35.5. The van der Waals surface area contributed by atoms with Gasteiger partial charge < -0.3 is 11.1 Å². The lowest BCUT2D eigenvalue weighted by Gasteiger charge is -2.14. The third kappa shape index (κ3) is 8.91. The number of hydrogen-bond acceptors (Lipinski definition) is 5. The number of carbonyl (C=O) groups excluding carboxylic acids is 1. The molecule has 0 spiro atoms. The first-order valence-electron chi connectivity index (χ1n) is 7.49. The fraction of sp³-hybridized carbons (Fsp3) is 0.643. The van der Waals surface area contributed by atoms with E-state index < -0.39 is 29.0 Å². The molecule has 1 amide bonds. The van der Waals surface area contributed by atoms with Gasteiger partial charge in [0.25, 0.3) is 5.92 Å². The molecule has 0 atom stereocenters. The van der Waals surface area contributed by atoms with Crippen molar-refractivity contribution in [2.75, 3.05) is 19.6 Å². The van der Waals surface area contributed by atoms with Crippen molar-refractivity contribution in [2.45, 2.75) is 36.8 Å². The summed E-state index contributed by atoms with van der Waals surface area (Å²) < 4.78 is 51.8. The van der Waals surface area contributed by atoms with Gasteiger partial charge in [0.1, 0.15) is 4.21 Å². The van der Waals surface area contributed by atoms with Gasteiger partial charge in [0, 0.05) is 17.8 Å². The van der Waals surface area contributed by atoms with Crippen molar-refractivity contribution in [3.05, 3.63) is 17.0 Å². The Morgan fingerprint density at radius 2 is 2.00 bits per heavy atom. The van der Waals surface area contributed by atoms with Gasteiger partial charge in [-0.3, -0.25) is 4.79 Å². The maximum Gasteiger partial charge on any atom is 0.273 e. The summed E-state index contributed by atoms with van der Waals surface area (Å²) in [5, 5.41) is 2.75. The normalized spacial score (nSPS) is 12.1. The molecule has 1 aromatic rings. The highest BCUT2D eigenvalue weighted by Gasteiger charge is 2.29. The summed E-state index contributed by atoms with van der Waals surface area (Å²) in [5.41, 5.74) is 4.87. The molecular formula is C14H24ClF2N3O3S2. The van der Waals surface area contributed by atoms with Crippen molar-refractivity contribution >= 4 is 39.7 Å². The highest BCUT2D eigenvalue weighted by molar-refractivity contribution is 7.91. The van der Waals surface area contributed by atoms with Crippen LogP contribution in [0.15, 0.2) is 16.3 Å². The van der Waals surface area contributed by atoms with Crippen molar-refractivity contribution in [1.82, 2.24) is 10.0 Å². The summed E-state index contributed by atoms with van der Waals surface area (Å²) in [6.45, 7) is 2.31. The minimum Gasteiger partial charge on any atom is -0.356 e. The van der Waals surface area contributed by atoms with Crippen LogP contribution in [-0.4, -0.2) is 39.9 Å². The van der Waals surface area contributed by atoms with Gasteiger partial charge in [0.15, 0.2) is 0 Å². The van der Waals surface area contributed by atoms with Crippen LogP contribution in [0.3, 0.4) is 0 Å². The first-order valence-corrected chi connectivity index (χ1v) is 9.78. The van der Waals surface area contributed by atoms with Crippen molar-refractivity contribution in [3.8, 4) is 0 Å². The number of hydrogen-bond donors (Lipinski definition) is 3. The molecule has 1 heterocycles. The van der Waals surface area contributed by atoms with Crippen LogP contribution in [0, 0.1) is 5.92 Å². The molecule has 0 saturated heterocycles. The first-order chi connectivity index (χ1) is 11.1. The van der Waals surface area contributed by atoms with Crippen LogP contribution >= 0.6 is 23.7 Å². The van der Waals surface area contributed by atoms with Gasteiger partial charge in [-0.1, -0.05) is 13.8 Å². The number of carbonyl (C=O) groups is 1. The molecule has 0 bridgehead atoms. The molecule has 4 N–H and O–H groups in total. The van der Waals surface area contributed by atoms with Gasteiger partial charge in [-0.15, -0.1) is 23.7 Å². The Morgan fingerprint density at radius 3 is 2.56 bits per heavy atom. The van der Waals surface area contributed by atoms with E-state index in [0.717, 1.165) is 16.2 Å². The molecule has 6 nitrogen and oxygen atoms in total. The Labute approximate surface area is 157 Å². The van der Waals surface area contributed by atoms with Gasteiger partial charge in [-0.2, -0.15) is 0 Å². The Morgan fingerprint density at radius 1 is 1.36 bits per heavy atom. The average Bonchev–Trinajstić information content (AvgIpc) is 2.94. The van der Waals surface area contributed by atoms with E-state index >= 15 is 0 Å². The van der Waals surface area contributed by atoms with Crippen LogP contribution in [-0.2, 0) is 21.2 Å². The van der Waals surface area contributed by atoms with Crippen LogP contribution < -0.4 is 15.8 Å². The Balaban J connectivity index is 0.00000576. The number of sulfonamides is 1. The largest absolute Gasteiger partial charge is 0.356 e. The van der Waals surface area contributed by atoms with Gasteiger partial charge >= 0.3 is 0 Å². The van der Waals surface area contributed by atoms with E-state index in [0.29, 0.717) is 19.4 Å². The van der Waals surface area contributed by atoms with Crippen molar-refractivity contribution in [3.63, 3.8) is 0 Å². The summed E-state index contributed by atoms with van der Waals surface area (Å²) in [5.74, 6) is -3.07. The average molecular weight is 420 g/mol. The standard InChI is InChI=1S/C14H23F2N3O3S2.ClH/c1-10(2)7-12(20)18-6-5-11-3-4-13(23-11)24(21,22)19-9-14(15,16)8-17;/h3-4,10,19H,5-9,17H2,1-2H3,(H,18,20);1H. The van der Waals surface area contributed by atoms with E-state index in [4.69, 9.17) is 5.73 Å². The molecule has 146 valence electrons. The van der Waals surface area contributed by atoms with Crippen molar-refractivity contribution in [1.29, 1.82) is 0 Å². The SMILES string of the molecule is CC(C)CC(=O)NCCc1ccc(S(=O)(=O)NCC(F)(F)CN)s1.Cl. The van der Waals surface area contributed by atoms with Crippen LogP contribution in [0.25, 0.3) is 0 Å². The molecule has 0 aliphatic carbocycles. The topological polar surface area (TPSA) is 101 Å². The maximum atomic E-state index is 13.0. The summed E-state index contributed by atoms with van der Waals surface area (Å²) in [7, 11) is -3.99. The van der Waals surface area contributed by atoms with Gasteiger partial charge in [-0.05, 0) is 24.5 Å². The number of thiophene rings is 1. The number of halogens is 3. The zero-order chi connectivity index (χ0) is 18.4. The lowest BCUT2D eigenvalue weighted by molar-refractivity contribution is -0.121. The third-order valence-corrected chi connectivity index (χ3v) is 6.05. The number of amides is 1. The molecule has 0 saturated carbocycles. The molecule has 0 aliphatic rings. The van der Waals surface area contributed by atoms with E-state index in [-0.39, 0.29) is 28.4 Å². The number of nitrogens with one attached hydrogen (secondary N) is 2. The monoisotopic (exact) mass is 419 g/mol. The molecule has 0 aliphatic heterocycles. The molecule has 1 aromatic heterocycles. The molecular weight excluding hydrogens is 396 g/mol. The van der Waals surface area contributed by atoms with Crippen molar-refractivity contribution in [2.24, 2.45) is 11.7 Å². The molecule has 1 rings (SSSR count). The zero-order valence-electron chi connectivity index (χ0n) is 14.1. The second kappa shape index (κ2) is 10.4. The van der Waals surface area contributed by atoms with E-state index in [1.807, 2.05) is 18.6 Å². The van der Waals surface area contributed by atoms with Crippen LogP contribution in [0.5, 0.6) is 0 Å². The van der Waals surface area contributed by atoms with E-state index in [9.17, 15) is 22.0 Å². The van der Waals surface area contributed by atoms with Gasteiger partial charge in [0.05, 0.1) is 13.1 Å². The number of alkyl halides is 2. The molecule has 0 fully saturated rings. The summed E-state index contributed by atoms with van der Waals surface area (Å²) in [6.07, 6.45) is 0.909. The molecule has 11 heteroatoms. The van der Waals surface area contributed by atoms with E-state index in [1.54, 1.807) is 6.07 Å². The van der Waals surface area contributed by atoms with Crippen LogP contribution in [0.1, 0.15) is 25.1 Å².